The molecule has 4 nitrogen and oxygen atoms in total. The van der Waals surface area contributed by atoms with Gasteiger partial charge >= 0.3 is 6.18 Å². The molecule has 1 unspecified atom stereocenters. The number of anilines is 1. The topological polar surface area (TPSA) is 41.9 Å². The molecule has 110 valence electrons. The molecule has 0 bridgehead atoms. The molecule has 0 radical (unpaired) electrons. The third kappa shape index (κ3) is 2.81. The second kappa shape index (κ2) is 5.31. The number of hydrogen-bond donors (Lipinski definition) is 0. The largest absolute Gasteiger partial charge is 0.433 e. The summed E-state index contributed by atoms with van der Waals surface area (Å²) < 4.78 is 38.3. The van der Waals surface area contributed by atoms with E-state index in [0.717, 1.165) is 30.8 Å². The molecular weight excluding hydrogens is 281 g/mol. The molecule has 0 saturated carbocycles. The van der Waals surface area contributed by atoms with E-state index in [-0.39, 0.29) is 12.0 Å². The van der Waals surface area contributed by atoms with Crippen LogP contribution in [0.15, 0.2) is 36.7 Å². The summed E-state index contributed by atoms with van der Waals surface area (Å²) in [5, 5.41) is 0. The third-order valence-electron chi connectivity index (χ3n) is 3.47. The van der Waals surface area contributed by atoms with Gasteiger partial charge in [0.15, 0.2) is 0 Å². The first-order valence-electron chi connectivity index (χ1n) is 6.63. The van der Waals surface area contributed by atoms with Crippen LogP contribution in [0.25, 0.3) is 0 Å². The van der Waals surface area contributed by atoms with E-state index in [4.69, 9.17) is 0 Å². The SMILES string of the molecule is FC(F)(F)c1ccnc(N2CCCC2c2ccccn2)n1. The van der Waals surface area contributed by atoms with Gasteiger partial charge in [0.2, 0.25) is 5.95 Å². The van der Waals surface area contributed by atoms with E-state index in [9.17, 15) is 13.2 Å². The van der Waals surface area contributed by atoms with Gasteiger partial charge in [0.1, 0.15) is 5.69 Å². The standard InChI is InChI=1S/C14H13F3N4/c15-14(16,17)12-6-8-19-13(20-12)21-9-3-5-11(21)10-4-1-2-7-18-10/h1-2,4,6-8,11H,3,5,9H2. The Hall–Kier alpha value is -2.18. The average Bonchev–Trinajstić information content (AvgIpc) is 2.97. The number of alkyl halides is 3. The molecular formula is C14H13F3N4. The highest BCUT2D eigenvalue weighted by molar-refractivity contribution is 5.37. The molecule has 21 heavy (non-hydrogen) atoms. The Kier molecular flexibility index (Phi) is 3.48. The molecule has 1 aliphatic rings. The van der Waals surface area contributed by atoms with Crippen molar-refractivity contribution < 1.29 is 13.2 Å². The molecule has 0 amide bonds. The van der Waals surface area contributed by atoms with Gasteiger partial charge in [-0.3, -0.25) is 4.98 Å². The molecule has 0 N–H and O–H groups in total. The third-order valence-corrected chi connectivity index (χ3v) is 3.47. The summed E-state index contributed by atoms with van der Waals surface area (Å²) in [5.41, 5.74) is -0.0878. The summed E-state index contributed by atoms with van der Waals surface area (Å²) in [7, 11) is 0. The molecule has 1 fully saturated rings. The number of pyridine rings is 1. The second-order valence-corrected chi connectivity index (χ2v) is 4.85. The van der Waals surface area contributed by atoms with Gasteiger partial charge in [0, 0.05) is 18.9 Å². The lowest BCUT2D eigenvalue weighted by Gasteiger charge is -2.24. The van der Waals surface area contributed by atoms with Gasteiger partial charge in [-0.2, -0.15) is 13.2 Å². The van der Waals surface area contributed by atoms with E-state index >= 15 is 0 Å². The van der Waals surface area contributed by atoms with Crippen LogP contribution >= 0.6 is 0 Å². The van der Waals surface area contributed by atoms with Crippen LogP contribution in [0.5, 0.6) is 0 Å². The maximum Gasteiger partial charge on any atom is 0.433 e. The maximum absolute atomic E-state index is 12.8. The maximum atomic E-state index is 12.8. The summed E-state index contributed by atoms with van der Waals surface area (Å²) >= 11 is 0. The first-order valence-corrected chi connectivity index (χ1v) is 6.63. The summed E-state index contributed by atoms with van der Waals surface area (Å²) in [6.07, 6.45) is 0.0765. The fourth-order valence-corrected chi connectivity index (χ4v) is 2.53. The van der Waals surface area contributed by atoms with E-state index in [0.29, 0.717) is 6.54 Å². The van der Waals surface area contributed by atoms with Gasteiger partial charge in [-0.15, -0.1) is 0 Å². The first kappa shape index (κ1) is 13.8. The molecule has 3 rings (SSSR count). The van der Waals surface area contributed by atoms with Crippen LogP contribution < -0.4 is 4.90 Å². The molecule has 1 saturated heterocycles. The van der Waals surface area contributed by atoms with Gasteiger partial charge < -0.3 is 4.90 Å². The summed E-state index contributed by atoms with van der Waals surface area (Å²) in [6, 6.07) is 6.36. The highest BCUT2D eigenvalue weighted by Crippen LogP contribution is 2.35. The van der Waals surface area contributed by atoms with Gasteiger partial charge in [0.05, 0.1) is 11.7 Å². The zero-order chi connectivity index (χ0) is 14.9. The highest BCUT2D eigenvalue weighted by Gasteiger charge is 2.35. The van der Waals surface area contributed by atoms with Crippen LogP contribution in [0.4, 0.5) is 19.1 Å². The lowest BCUT2D eigenvalue weighted by molar-refractivity contribution is -0.141. The Balaban J connectivity index is 1.93. The Bertz CT molecular complexity index is 615. The van der Waals surface area contributed by atoms with E-state index in [1.165, 1.54) is 0 Å². The highest BCUT2D eigenvalue weighted by atomic mass is 19.4. The molecule has 0 aromatic carbocycles. The monoisotopic (exact) mass is 294 g/mol. The number of rotatable bonds is 2. The number of hydrogen-bond acceptors (Lipinski definition) is 4. The van der Waals surface area contributed by atoms with Crippen LogP contribution in [0.3, 0.4) is 0 Å². The van der Waals surface area contributed by atoms with Crippen molar-refractivity contribution in [2.24, 2.45) is 0 Å². The van der Waals surface area contributed by atoms with E-state index in [2.05, 4.69) is 15.0 Å². The minimum atomic E-state index is -4.46. The molecule has 2 aromatic rings. The van der Waals surface area contributed by atoms with Crippen molar-refractivity contribution in [1.29, 1.82) is 0 Å². The van der Waals surface area contributed by atoms with Crippen molar-refractivity contribution in [2.75, 3.05) is 11.4 Å². The second-order valence-electron chi connectivity index (χ2n) is 4.85. The number of halogens is 3. The zero-order valence-electron chi connectivity index (χ0n) is 11.1. The van der Waals surface area contributed by atoms with Crippen molar-refractivity contribution in [3.8, 4) is 0 Å². The molecule has 1 atom stereocenters. The Morgan fingerprint density at radius 2 is 1.95 bits per heavy atom. The average molecular weight is 294 g/mol. The van der Waals surface area contributed by atoms with E-state index < -0.39 is 11.9 Å². The van der Waals surface area contributed by atoms with Crippen molar-refractivity contribution in [3.63, 3.8) is 0 Å². The molecule has 1 aliphatic heterocycles. The van der Waals surface area contributed by atoms with Crippen LogP contribution in [0.1, 0.15) is 30.3 Å². The van der Waals surface area contributed by atoms with Crippen LogP contribution in [-0.2, 0) is 6.18 Å². The lowest BCUT2D eigenvalue weighted by Crippen LogP contribution is -2.26. The van der Waals surface area contributed by atoms with E-state index in [1.54, 1.807) is 11.1 Å². The van der Waals surface area contributed by atoms with Gasteiger partial charge in [-0.05, 0) is 31.0 Å². The minimum absolute atomic E-state index is 0.0744. The first-order chi connectivity index (χ1) is 10.1. The Morgan fingerprint density at radius 3 is 2.67 bits per heavy atom. The minimum Gasteiger partial charge on any atom is -0.332 e. The molecule has 2 aromatic heterocycles. The quantitative estimate of drug-likeness (QED) is 0.852. The van der Waals surface area contributed by atoms with Gasteiger partial charge in [0.25, 0.3) is 0 Å². The van der Waals surface area contributed by atoms with Gasteiger partial charge in [-0.1, -0.05) is 6.07 Å². The number of nitrogens with zero attached hydrogens (tertiary/aromatic N) is 4. The Labute approximate surface area is 119 Å². The van der Waals surface area contributed by atoms with Crippen molar-refractivity contribution >= 4 is 5.95 Å². The number of aromatic nitrogens is 3. The molecule has 0 spiro atoms. The smallest absolute Gasteiger partial charge is 0.332 e. The van der Waals surface area contributed by atoms with Crippen molar-refractivity contribution in [1.82, 2.24) is 15.0 Å². The van der Waals surface area contributed by atoms with Crippen LogP contribution in [0, 0.1) is 0 Å². The normalized spacial score (nSPS) is 19.0. The Morgan fingerprint density at radius 1 is 1.10 bits per heavy atom. The van der Waals surface area contributed by atoms with Crippen LogP contribution in [-0.4, -0.2) is 21.5 Å². The summed E-state index contributed by atoms with van der Waals surface area (Å²) in [6.45, 7) is 0.628. The van der Waals surface area contributed by atoms with Crippen molar-refractivity contribution in [3.05, 3.63) is 48.0 Å². The fraction of sp³-hybridized carbons (Fsp3) is 0.357. The van der Waals surface area contributed by atoms with Gasteiger partial charge in [-0.25, -0.2) is 9.97 Å². The molecule has 3 heterocycles. The summed E-state index contributed by atoms with van der Waals surface area (Å²) in [5.74, 6) is 0.109. The molecule has 0 aliphatic carbocycles. The van der Waals surface area contributed by atoms with Crippen molar-refractivity contribution in [2.45, 2.75) is 25.1 Å². The predicted octanol–water partition coefficient (Wildman–Crippen LogP) is 3.23. The zero-order valence-corrected chi connectivity index (χ0v) is 11.1. The predicted molar refractivity (Wildman–Crippen MR) is 70.6 cm³/mol. The summed E-state index contributed by atoms with van der Waals surface area (Å²) in [4.78, 5) is 13.7. The van der Waals surface area contributed by atoms with E-state index in [1.807, 2.05) is 18.2 Å². The lowest BCUT2D eigenvalue weighted by atomic mass is 10.1. The fourth-order valence-electron chi connectivity index (χ4n) is 2.53. The molecule has 7 heteroatoms. The van der Waals surface area contributed by atoms with Crippen LogP contribution in [0.2, 0.25) is 0 Å².